The molecule has 0 radical (unpaired) electrons. The number of rotatable bonds is 3. The van der Waals surface area contributed by atoms with Crippen molar-refractivity contribution >= 4 is 13.0 Å². The molecule has 5 fully saturated rings. The van der Waals surface area contributed by atoms with E-state index >= 15 is 0 Å². The second kappa shape index (κ2) is 5.21. The molecule has 0 aromatic heterocycles. The smallest absolute Gasteiger partial charge is 0.426 e. The van der Waals surface area contributed by atoms with Crippen molar-refractivity contribution in [1.29, 1.82) is 0 Å². The zero-order chi connectivity index (χ0) is 18.3. The van der Waals surface area contributed by atoms with Gasteiger partial charge in [0, 0.05) is 6.54 Å². The highest BCUT2D eigenvalue weighted by atomic mass is 16.4. The van der Waals surface area contributed by atoms with Crippen LogP contribution in [0.15, 0.2) is 0 Å². The van der Waals surface area contributed by atoms with Gasteiger partial charge in [-0.2, -0.15) is 0 Å². The maximum Gasteiger partial charge on any atom is 0.475 e. The molecule has 4 atom stereocenters. The lowest BCUT2D eigenvalue weighted by Crippen LogP contribution is -2.69. The zero-order valence-electron chi connectivity index (χ0n) is 15.4. The summed E-state index contributed by atoms with van der Waals surface area (Å²) in [5.41, 5.74) is 5.56. The summed E-state index contributed by atoms with van der Waals surface area (Å²) in [6, 6.07) is -0.682. The van der Waals surface area contributed by atoms with Gasteiger partial charge in [0.15, 0.2) is 0 Å². The van der Waals surface area contributed by atoms with Gasteiger partial charge in [-0.25, -0.2) is 0 Å². The summed E-state index contributed by atoms with van der Waals surface area (Å²) in [6.45, 7) is 5.00. The Kier molecular flexibility index (Phi) is 3.71. The summed E-state index contributed by atoms with van der Waals surface area (Å²) in [4.78, 5) is 14.8. The molecule has 0 spiro atoms. The van der Waals surface area contributed by atoms with Crippen LogP contribution in [0.2, 0.25) is 0 Å². The number of nitrogens with two attached hydrogens (primary N) is 1. The molecule has 0 aromatic rings. The van der Waals surface area contributed by atoms with E-state index in [1.807, 2.05) is 0 Å². The van der Waals surface area contributed by atoms with E-state index in [-0.39, 0.29) is 22.2 Å². The SMILES string of the molecule is CC12CC3(C)CC(O)(C1)CC(C(N)C(=O)N1CCC[C@H]1B(O)O)(C2)C3. The van der Waals surface area contributed by atoms with Gasteiger partial charge in [0.1, 0.15) is 0 Å². The fourth-order valence-corrected chi connectivity index (χ4v) is 7.87. The molecule has 1 amide bonds. The Morgan fingerprint density at radius 1 is 1.12 bits per heavy atom. The molecule has 5 N–H and O–H groups in total. The van der Waals surface area contributed by atoms with Crippen molar-refractivity contribution in [1.82, 2.24) is 4.90 Å². The van der Waals surface area contributed by atoms with E-state index in [0.29, 0.717) is 19.4 Å². The van der Waals surface area contributed by atoms with Gasteiger partial charge in [0.2, 0.25) is 5.91 Å². The number of carbonyl (C=O) groups excluding carboxylic acids is 1. The van der Waals surface area contributed by atoms with Crippen molar-refractivity contribution in [2.45, 2.75) is 82.8 Å². The molecule has 4 aliphatic carbocycles. The van der Waals surface area contributed by atoms with E-state index in [1.165, 1.54) is 0 Å². The fraction of sp³-hybridized carbons (Fsp3) is 0.944. The molecule has 140 valence electrons. The van der Waals surface area contributed by atoms with Gasteiger partial charge in [0.05, 0.1) is 17.6 Å². The third kappa shape index (κ3) is 2.66. The van der Waals surface area contributed by atoms with Crippen molar-refractivity contribution in [3.8, 4) is 0 Å². The van der Waals surface area contributed by atoms with Gasteiger partial charge >= 0.3 is 7.12 Å². The first-order valence-corrected chi connectivity index (χ1v) is 9.64. The highest BCUT2D eigenvalue weighted by Crippen LogP contribution is 2.71. The molecule has 4 saturated carbocycles. The first-order chi connectivity index (χ1) is 11.5. The van der Waals surface area contributed by atoms with Crippen LogP contribution in [-0.4, -0.2) is 57.2 Å². The summed E-state index contributed by atoms with van der Waals surface area (Å²) >= 11 is 0. The van der Waals surface area contributed by atoms with E-state index < -0.39 is 24.7 Å². The van der Waals surface area contributed by atoms with Crippen LogP contribution in [0, 0.1) is 16.2 Å². The lowest BCUT2D eigenvalue weighted by atomic mass is 9.38. The Morgan fingerprint density at radius 3 is 2.24 bits per heavy atom. The number of carbonyl (C=O) groups is 1. The molecule has 3 unspecified atom stereocenters. The Balaban J connectivity index is 1.63. The Hall–Kier alpha value is -0.625. The van der Waals surface area contributed by atoms with E-state index in [1.54, 1.807) is 4.90 Å². The van der Waals surface area contributed by atoms with Crippen molar-refractivity contribution in [3.05, 3.63) is 0 Å². The predicted octanol–water partition coefficient (Wildman–Crippen LogP) is 0.428. The molecule has 7 heteroatoms. The summed E-state index contributed by atoms with van der Waals surface area (Å²) in [7, 11) is -1.52. The molecule has 25 heavy (non-hydrogen) atoms. The van der Waals surface area contributed by atoms with Crippen LogP contribution in [0.25, 0.3) is 0 Å². The number of amides is 1. The maximum absolute atomic E-state index is 13.2. The molecular formula is C18H31BN2O4. The van der Waals surface area contributed by atoms with Crippen LogP contribution < -0.4 is 5.73 Å². The minimum Gasteiger partial charge on any atom is -0.426 e. The van der Waals surface area contributed by atoms with E-state index in [2.05, 4.69) is 13.8 Å². The highest BCUT2D eigenvalue weighted by Gasteiger charge is 2.67. The topological polar surface area (TPSA) is 107 Å². The van der Waals surface area contributed by atoms with Crippen LogP contribution in [0.3, 0.4) is 0 Å². The van der Waals surface area contributed by atoms with E-state index in [4.69, 9.17) is 5.73 Å². The summed E-state index contributed by atoms with van der Waals surface area (Å²) in [5, 5.41) is 30.4. The molecule has 1 heterocycles. The van der Waals surface area contributed by atoms with Crippen molar-refractivity contribution < 1.29 is 19.9 Å². The molecular weight excluding hydrogens is 319 g/mol. The van der Waals surface area contributed by atoms with Gasteiger partial charge in [-0.1, -0.05) is 13.8 Å². The summed E-state index contributed by atoms with van der Waals surface area (Å²) in [5.74, 6) is -0.727. The number of hydrogen-bond acceptors (Lipinski definition) is 5. The predicted molar refractivity (Wildman–Crippen MR) is 94.2 cm³/mol. The zero-order valence-corrected chi connectivity index (χ0v) is 15.4. The molecule has 1 aliphatic heterocycles. The lowest BCUT2D eigenvalue weighted by Gasteiger charge is -2.69. The molecule has 0 aromatic carbocycles. The second-order valence-corrected chi connectivity index (χ2v) is 10.4. The third-order valence-electron chi connectivity index (χ3n) is 7.46. The summed E-state index contributed by atoms with van der Waals surface area (Å²) in [6.07, 6.45) is 6.43. The standard InChI is InChI=1S/C18H31BN2O4/c1-15-6-16(2)8-17(7-15,11-18(23,9-15)10-16)13(20)14(22)21-5-3-4-12(21)19(24)25/h12-13,23-25H,3-11,20H2,1-2H3/t12-,13?,15?,16?,17?,18?/m0/s1. The van der Waals surface area contributed by atoms with Gasteiger partial charge in [-0.3, -0.25) is 4.79 Å². The minimum atomic E-state index is -1.52. The molecule has 5 rings (SSSR count). The van der Waals surface area contributed by atoms with Crippen LogP contribution in [0.1, 0.15) is 65.2 Å². The average Bonchev–Trinajstić information content (AvgIpc) is 2.89. The highest BCUT2D eigenvalue weighted by molar-refractivity contribution is 6.43. The summed E-state index contributed by atoms with van der Waals surface area (Å²) < 4.78 is 0. The molecule has 5 aliphatic rings. The Labute approximate surface area is 149 Å². The largest absolute Gasteiger partial charge is 0.475 e. The molecule has 4 bridgehead atoms. The minimum absolute atomic E-state index is 0.0387. The average molecular weight is 350 g/mol. The van der Waals surface area contributed by atoms with E-state index in [9.17, 15) is 19.9 Å². The molecule has 6 nitrogen and oxygen atoms in total. The van der Waals surface area contributed by atoms with Crippen LogP contribution in [0.4, 0.5) is 0 Å². The first kappa shape index (κ1) is 17.8. The Morgan fingerprint density at radius 2 is 1.72 bits per heavy atom. The number of hydrogen-bond donors (Lipinski definition) is 4. The lowest BCUT2D eigenvalue weighted by molar-refractivity contribution is -0.230. The Bertz CT molecular complexity index is 544. The maximum atomic E-state index is 13.2. The molecule has 1 saturated heterocycles. The van der Waals surface area contributed by atoms with E-state index in [0.717, 1.165) is 38.5 Å². The van der Waals surface area contributed by atoms with Crippen molar-refractivity contribution in [3.63, 3.8) is 0 Å². The van der Waals surface area contributed by atoms with Crippen LogP contribution in [-0.2, 0) is 4.79 Å². The van der Waals surface area contributed by atoms with Gasteiger partial charge < -0.3 is 25.8 Å². The fourth-order valence-electron chi connectivity index (χ4n) is 7.87. The van der Waals surface area contributed by atoms with Gasteiger partial charge in [-0.15, -0.1) is 0 Å². The second-order valence-electron chi connectivity index (χ2n) is 10.4. The normalized spacial score (nSPS) is 49.5. The van der Waals surface area contributed by atoms with Crippen LogP contribution >= 0.6 is 0 Å². The quantitative estimate of drug-likeness (QED) is 0.552. The van der Waals surface area contributed by atoms with Crippen molar-refractivity contribution in [2.75, 3.05) is 6.54 Å². The number of likely N-dealkylation sites (tertiary alicyclic amines) is 1. The van der Waals surface area contributed by atoms with Crippen molar-refractivity contribution in [2.24, 2.45) is 22.0 Å². The van der Waals surface area contributed by atoms with Gasteiger partial charge in [0.25, 0.3) is 0 Å². The third-order valence-corrected chi connectivity index (χ3v) is 7.46. The van der Waals surface area contributed by atoms with Gasteiger partial charge in [-0.05, 0) is 67.6 Å². The monoisotopic (exact) mass is 350 g/mol. The van der Waals surface area contributed by atoms with Crippen LogP contribution in [0.5, 0.6) is 0 Å². The number of nitrogens with zero attached hydrogens (tertiary/aromatic N) is 1. The number of aliphatic hydroxyl groups is 1. The first-order valence-electron chi connectivity index (χ1n) is 9.64.